The van der Waals surface area contributed by atoms with Crippen molar-refractivity contribution < 1.29 is 17.6 Å². The Balaban J connectivity index is 1.46. The Kier molecular flexibility index (Phi) is 7.71. The van der Waals surface area contributed by atoms with E-state index in [0.717, 1.165) is 42.3 Å². The molecule has 0 bridgehead atoms. The summed E-state index contributed by atoms with van der Waals surface area (Å²) in [7, 11) is -3.79. The molecule has 1 heterocycles. The van der Waals surface area contributed by atoms with Gasteiger partial charge in [-0.15, -0.1) is 0 Å². The largest absolute Gasteiger partial charge is 0.368 e. The minimum absolute atomic E-state index is 0.139. The van der Waals surface area contributed by atoms with E-state index in [2.05, 4.69) is 20.8 Å². The van der Waals surface area contributed by atoms with Crippen molar-refractivity contribution >= 4 is 37.5 Å². The first kappa shape index (κ1) is 24.2. The van der Waals surface area contributed by atoms with Gasteiger partial charge in [0.15, 0.2) is 0 Å². The van der Waals surface area contributed by atoms with Gasteiger partial charge in [0.25, 0.3) is 0 Å². The fourth-order valence-electron chi connectivity index (χ4n) is 4.62. The molecular formula is C24H29BrFN3O3S. The Bertz CT molecular complexity index is 1050. The van der Waals surface area contributed by atoms with Crippen LogP contribution in [-0.2, 0) is 14.8 Å². The van der Waals surface area contributed by atoms with Crippen molar-refractivity contribution in [1.82, 2.24) is 9.21 Å². The van der Waals surface area contributed by atoms with Gasteiger partial charge in [0.1, 0.15) is 5.82 Å². The normalized spacial score (nSPS) is 18.0. The Hall–Kier alpha value is -1.97. The van der Waals surface area contributed by atoms with Crippen LogP contribution in [-0.4, -0.2) is 62.3 Å². The van der Waals surface area contributed by atoms with E-state index in [0.29, 0.717) is 26.2 Å². The zero-order valence-corrected chi connectivity index (χ0v) is 20.9. The van der Waals surface area contributed by atoms with Crippen LogP contribution in [0.15, 0.2) is 57.9 Å². The number of carbonyl (C=O) groups is 1. The van der Waals surface area contributed by atoms with E-state index in [-0.39, 0.29) is 29.2 Å². The second-order valence-corrected chi connectivity index (χ2v) is 11.4. The van der Waals surface area contributed by atoms with Crippen molar-refractivity contribution in [2.45, 2.75) is 43.0 Å². The number of anilines is 1. The third kappa shape index (κ3) is 5.75. The van der Waals surface area contributed by atoms with Crippen molar-refractivity contribution in [3.63, 3.8) is 0 Å². The van der Waals surface area contributed by atoms with Gasteiger partial charge in [0.05, 0.1) is 11.4 Å². The van der Waals surface area contributed by atoms with Gasteiger partial charge in [-0.2, -0.15) is 4.31 Å². The third-order valence-corrected chi connectivity index (χ3v) is 8.96. The average Bonchev–Trinajstić information content (AvgIpc) is 2.84. The molecule has 9 heteroatoms. The van der Waals surface area contributed by atoms with Gasteiger partial charge in [-0.3, -0.25) is 4.79 Å². The molecule has 178 valence electrons. The van der Waals surface area contributed by atoms with Crippen LogP contribution in [0.2, 0.25) is 0 Å². The van der Waals surface area contributed by atoms with Gasteiger partial charge in [-0.25, -0.2) is 12.8 Å². The molecule has 6 nitrogen and oxygen atoms in total. The molecule has 0 radical (unpaired) electrons. The Morgan fingerprint density at radius 3 is 2.15 bits per heavy atom. The van der Waals surface area contributed by atoms with Crippen LogP contribution < -0.4 is 4.90 Å². The van der Waals surface area contributed by atoms with Crippen LogP contribution in [0.25, 0.3) is 0 Å². The summed E-state index contributed by atoms with van der Waals surface area (Å²) >= 11 is 3.35. The highest BCUT2D eigenvalue weighted by molar-refractivity contribution is 9.10. The molecule has 1 saturated heterocycles. The molecule has 0 N–H and O–H groups in total. The number of nitrogens with zero attached hydrogens (tertiary/aromatic N) is 3. The number of piperazine rings is 1. The Morgan fingerprint density at radius 2 is 1.55 bits per heavy atom. The standard InChI is InChI=1S/C24H29BrFN3O3S/c25-19-6-12-23(13-7-19)33(31,32)29(22-4-2-1-3-5-22)18-24(30)28-16-14-27(15-17-28)21-10-8-20(26)9-11-21/h6-13,22H,1-5,14-18H2. The van der Waals surface area contributed by atoms with E-state index in [1.54, 1.807) is 41.3 Å². The zero-order chi connectivity index (χ0) is 23.4. The lowest BCUT2D eigenvalue weighted by molar-refractivity contribution is -0.132. The lowest BCUT2D eigenvalue weighted by Crippen LogP contribution is -2.53. The van der Waals surface area contributed by atoms with E-state index >= 15 is 0 Å². The highest BCUT2D eigenvalue weighted by atomic mass is 79.9. The summed E-state index contributed by atoms with van der Waals surface area (Å²) in [5.41, 5.74) is 0.921. The minimum atomic E-state index is -3.79. The second kappa shape index (κ2) is 10.5. The summed E-state index contributed by atoms with van der Waals surface area (Å²) < 4.78 is 42.5. The molecule has 2 fully saturated rings. The molecule has 2 aromatic rings. The predicted molar refractivity (Wildman–Crippen MR) is 130 cm³/mol. The summed E-state index contributed by atoms with van der Waals surface area (Å²) in [4.78, 5) is 17.3. The van der Waals surface area contributed by atoms with E-state index in [1.807, 2.05) is 0 Å². The number of hydrogen-bond acceptors (Lipinski definition) is 4. The first-order valence-corrected chi connectivity index (χ1v) is 13.6. The van der Waals surface area contributed by atoms with Crippen molar-refractivity contribution in [3.8, 4) is 0 Å². The molecule has 1 saturated carbocycles. The molecule has 4 rings (SSSR count). The maximum atomic E-state index is 13.5. The molecule has 2 aliphatic rings. The van der Waals surface area contributed by atoms with Gasteiger partial charge in [0.2, 0.25) is 15.9 Å². The van der Waals surface area contributed by atoms with Crippen LogP contribution in [0, 0.1) is 5.82 Å². The van der Waals surface area contributed by atoms with E-state index < -0.39 is 10.0 Å². The van der Waals surface area contributed by atoms with Crippen LogP contribution in [0.4, 0.5) is 10.1 Å². The Morgan fingerprint density at radius 1 is 0.939 bits per heavy atom. The highest BCUT2D eigenvalue weighted by Gasteiger charge is 2.35. The fraction of sp³-hybridized carbons (Fsp3) is 0.458. The number of carbonyl (C=O) groups excluding carboxylic acids is 1. The summed E-state index contributed by atoms with van der Waals surface area (Å²) in [6.07, 6.45) is 4.61. The van der Waals surface area contributed by atoms with Crippen molar-refractivity contribution in [2.24, 2.45) is 0 Å². The molecule has 1 aliphatic carbocycles. The third-order valence-electron chi connectivity index (χ3n) is 6.52. The van der Waals surface area contributed by atoms with Crippen molar-refractivity contribution in [1.29, 1.82) is 0 Å². The molecule has 2 aromatic carbocycles. The minimum Gasteiger partial charge on any atom is -0.368 e. The Labute approximate surface area is 203 Å². The lowest BCUT2D eigenvalue weighted by Gasteiger charge is -2.38. The average molecular weight is 538 g/mol. The zero-order valence-electron chi connectivity index (χ0n) is 18.5. The quantitative estimate of drug-likeness (QED) is 0.552. The summed E-state index contributed by atoms with van der Waals surface area (Å²) in [5, 5.41) is 0. The summed E-state index contributed by atoms with van der Waals surface area (Å²) in [6.45, 7) is 2.13. The summed E-state index contributed by atoms with van der Waals surface area (Å²) in [5.74, 6) is -0.442. The van der Waals surface area contributed by atoms with Crippen LogP contribution in [0.1, 0.15) is 32.1 Å². The molecule has 0 spiro atoms. The number of sulfonamides is 1. The number of benzene rings is 2. The topological polar surface area (TPSA) is 60.9 Å². The lowest BCUT2D eigenvalue weighted by atomic mass is 9.95. The van der Waals surface area contributed by atoms with Crippen molar-refractivity contribution in [3.05, 3.63) is 58.8 Å². The molecule has 33 heavy (non-hydrogen) atoms. The van der Waals surface area contributed by atoms with Crippen LogP contribution in [0.5, 0.6) is 0 Å². The van der Waals surface area contributed by atoms with Crippen molar-refractivity contribution in [2.75, 3.05) is 37.6 Å². The van der Waals surface area contributed by atoms with Gasteiger partial charge in [0, 0.05) is 42.4 Å². The number of hydrogen-bond donors (Lipinski definition) is 0. The maximum absolute atomic E-state index is 13.5. The second-order valence-electron chi connectivity index (χ2n) is 8.64. The van der Waals surface area contributed by atoms with Gasteiger partial charge < -0.3 is 9.80 Å². The molecule has 1 amide bonds. The first-order valence-electron chi connectivity index (χ1n) is 11.4. The number of amides is 1. The van der Waals surface area contributed by atoms with Gasteiger partial charge in [-0.1, -0.05) is 35.2 Å². The maximum Gasteiger partial charge on any atom is 0.243 e. The monoisotopic (exact) mass is 537 g/mol. The fourth-order valence-corrected chi connectivity index (χ4v) is 6.52. The number of rotatable bonds is 6. The number of halogens is 2. The van der Waals surface area contributed by atoms with Gasteiger partial charge in [-0.05, 0) is 61.4 Å². The van der Waals surface area contributed by atoms with Crippen LogP contribution >= 0.6 is 15.9 Å². The molecule has 0 unspecified atom stereocenters. The smallest absolute Gasteiger partial charge is 0.243 e. The SMILES string of the molecule is O=C(CN(C1CCCCC1)S(=O)(=O)c1ccc(Br)cc1)N1CCN(c2ccc(F)cc2)CC1. The van der Waals surface area contributed by atoms with E-state index in [4.69, 9.17) is 0 Å². The molecular weight excluding hydrogens is 509 g/mol. The van der Waals surface area contributed by atoms with E-state index in [9.17, 15) is 17.6 Å². The van der Waals surface area contributed by atoms with Crippen LogP contribution in [0.3, 0.4) is 0 Å². The van der Waals surface area contributed by atoms with Gasteiger partial charge >= 0.3 is 0 Å². The molecule has 0 atom stereocenters. The molecule has 1 aliphatic heterocycles. The predicted octanol–water partition coefficient (Wildman–Crippen LogP) is 4.26. The highest BCUT2D eigenvalue weighted by Crippen LogP contribution is 2.29. The first-order chi connectivity index (χ1) is 15.8. The van der Waals surface area contributed by atoms with E-state index in [1.165, 1.54) is 16.4 Å². The summed E-state index contributed by atoms with van der Waals surface area (Å²) in [6, 6.07) is 12.8. The molecule has 0 aromatic heterocycles.